The van der Waals surface area contributed by atoms with Gasteiger partial charge in [-0.25, -0.2) is 9.97 Å². The Hall–Kier alpha value is -4.29. The molecule has 2 N–H and O–H groups in total. The van der Waals surface area contributed by atoms with Gasteiger partial charge in [-0.15, -0.1) is 11.3 Å². The number of aromatic amines is 2. The maximum atomic E-state index is 4.95. The number of aromatic nitrogens is 5. The standard InChI is InChI=1S/C31H23N5S/c1-15(2)31-35-25-9-8-22-20-6-4-18(13-26(20)37-30(22)29(25)36-31)17-5-7-21-23(12-17)19-10-11-32-14-24(19)28-27(21)33-16(3)34-28/h4-15H,1-3H3,(H,33,34)(H,35,36). The Bertz CT molecular complexity index is 2200. The second-order valence-corrected chi connectivity index (χ2v) is 11.2. The summed E-state index contributed by atoms with van der Waals surface area (Å²) in [6, 6.07) is 20.1. The van der Waals surface area contributed by atoms with Gasteiger partial charge in [-0.1, -0.05) is 44.2 Å². The SMILES string of the molecule is Cc1nc2c3cnccc3c3cc(-c4ccc5c(c4)sc4c5ccc5[nH]c(C(C)C)nc54)ccc3c2[nH]1. The first-order chi connectivity index (χ1) is 18.0. The van der Waals surface area contributed by atoms with E-state index in [1.54, 1.807) is 0 Å². The van der Waals surface area contributed by atoms with Crippen LogP contribution in [0.1, 0.15) is 31.4 Å². The molecule has 0 spiro atoms. The highest BCUT2D eigenvalue weighted by molar-refractivity contribution is 7.26. The predicted octanol–water partition coefficient (Wildman–Crippen LogP) is 8.61. The Balaban J connectivity index is 1.35. The summed E-state index contributed by atoms with van der Waals surface area (Å²) in [4.78, 5) is 21.1. The summed E-state index contributed by atoms with van der Waals surface area (Å²) in [5.41, 5.74) is 6.66. The lowest BCUT2D eigenvalue weighted by Crippen LogP contribution is -1.88. The Morgan fingerprint density at radius 1 is 0.730 bits per heavy atom. The van der Waals surface area contributed by atoms with Crippen LogP contribution in [0, 0.1) is 6.92 Å². The van der Waals surface area contributed by atoms with E-state index in [4.69, 9.17) is 9.97 Å². The van der Waals surface area contributed by atoms with Crippen LogP contribution < -0.4 is 0 Å². The molecule has 0 atom stereocenters. The number of aryl methyl sites for hydroxylation is 1. The second kappa shape index (κ2) is 7.37. The van der Waals surface area contributed by atoms with Gasteiger partial charge in [-0.3, -0.25) is 4.98 Å². The normalized spacial score (nSPS) is 12.4. The summed E-state index contributed by atoms with van der Waals surface area (Å²) < 4.78 is 2.53. The first kappa shape index (κ1) is 20.9. The molecule has 0 bridgehead atoms. The van der Waals surface area contributed by atoms with Crippen LogP contribution in [0.15, 0.2) is 67.0 Å². The van der Waals surface area contributed by atoms with E-state index in [2.05, 4.69) is 83.4 Å². The largest absolute Gasteiger partial charge is 0.342 e. The highest BCUT2D eigenvalue weighted by Gasteiger charge is 2.16. The van der Waals surface area contributed by atoms with E-state index in [-0.39, 0.29) is 0 Å². The van der Waals surface area contributed by atoms with Gasteiger partial charge in [0.15, 0.2) is 0 Å². The molecule has 8 rings (SSSR count). The molecular formula is C31H23N5S. The monoisotopic (exact) mass is 497 g/mol. The molecule has 0 amide bonds. The molecule has 178 valence electrons. The van der Waals surface area contributed by atoms with E-state index in [0.717, 1.165) is 39.1 Å². The van der Waals surface area contributed by atoms with Crippen molar-refractivity contribution >= 4 is 75.1 Å². The zero-order chi connectivity index (χ0) is 24.8. The number of rotatable bonds is 2. The van der Waals surface area contributed by atoms with Crippen LogP contribution in [0.5, 0.6) is 0 Å². The molecule has 4 aromatic heterocycles. The van der Waals surface area contributed by atoms with Gasteiger partial charge in [-0.2, -0.15) is 0 Å². The summed E-state index contributed by atoms with van der Waals surface area (Å²) in [5, 5.41) is 7.21. The number of hydrogen-bond acceptors (Lipinski definition) is 4. The smallest absolute Gasteiger partial charge is 0.109 e. The quantitative estimate of drug-likeness (QED) is 0.235. The van der Waals surface area contributed by atoms with Crippen molar-refractivity contribution in [3.05, 3.63) is 78.6 Å². The topological polar surface area (TPSA) is 70.2 Å². The van der Waals surface area contributed by atoms with E-state index in [9.17, 15) is 0 Å². The molecule has 0 aliphatic heterocycles. The molecule has 0 aliphatic carbocycles. The van der Waals surface area contributed by atoms with Crippen LogP contribution in [-0.2, 0) is 0 Å². The fourth-order valence-electron chi connectivity index (χ4n) is 5.64. The van der Waals surface area contributed by atoms with Crippen LogP contribution >= 0.6 is 11.3 Å². The minimum absolute atomic E-state index is 0.370. The Labute approximate surface area is 216 Å². The number of H-pyrrole nitrogens is 2. The highest BCUT2D eigenvalue weighted by atomic mass is 32.1. The predicted molar refractivity (Wildman–Crippen MR) is 156 cm³/mol. The number of fused-ring (bicyclic) bond motifs is 11. The van der Waals surface area contributed by atoms with Gasteiger partial charge in [0.1, 0.15) is 17.2 Å². The molecule has 8 aromatic rings. The first-order valence-electron chi connectivity index (χ1n) is 12.6. The highest BCUT2D eigenvalue weighted by Crippen LogP contribution is 2.41. The second-order valence-electron chi connectivity index (χ2n) is 10.2. The van der Waals surface area contributed by atoms with Crippen LogP contribution in [0.2, 0.25) is 0 Å². The Morgan fingerprint density at radius 2 is 1.54 bits per heavy atom. The number of hydrogen-bond donors (Lipinski definition) is 2. The molecule has 0 saturated heterocycles. The molecular weight excluding hydrogens is 474 g/mol. The molecule has 37 heavy (non-hydrogen) atoms. The molecule has 4 heterocycles. The lowest BCUT2D eigenvalue weighted by molar-refractivity contribution is 0.799. The summed E-state index contributed by atoms with van der Waals surface area (Å²) in [6.45, 7) is 6.35. The number of benzene rings is 4. The maximum Gasteiger partial charge on any atom is 0.109 e. The van der Waals surface area contributed by atoms with Crippen molar-refractivity contribution < 1.29 is 0 Å². The van der Waals surface area contributed by atoms with Crippen molar-refractivity contribution in [2.24, 2.45) is 0 Å². The van der Waals surface area contributed by atoms with Crippen LogP contribution in [0.4, 0.5) is 0 Å². The Morgan fingerprint density at radius 3 is 2.41 bits per heavy atom. The molecule has 0 saturated carbocycles. The fourth-order valence-corrected chi connectivity index (χ4v) is 6.88. The molecule has 0 aliphatic rings. The van der Waals surface area contributed by atoms with Gasteiger partial charge in [-0.05, 0) is 53.1 Å². The molecule has 0 unspecified atom stereocenters. The lowest BCUT2D eigenvalue weighted by Gasteiger charge is -2.09. The molecule has 6 heteroatoms. The van der Waals surface area contributed by atoms with E-state index in [0.29, 0.717) is 5.92 Å². The van der Waals surface area contributed by atoms with Crippen LogP contribution in [0.25, 0.3) is 74.9 Å². The van der Waals surface area contributed by atoms with Crippen molar-refractivity contribution in [2.45, 2.75) is 26.7 Å². The first-order valence-corrected chi connectivity index (χ1v) is 13.4. The van der Waals surface area contributed by atoms with Gasteiger partial charge in [0.05, 0.1) is 21.3 Å². The van der Waals surface area contributed by atoms with Crippen molar-refractivity contribution in [2.75, 3.05) is 0 Å². The van der Waals surface area contributed by atoms with Gasteiger partial charge in [0.25, 0.3) is 0 Å². The summed E-state index contributed by atoms with van der Waals surface area (Å²) in [5.74, 6) is 2.33. The minimum atomic E-state index is 0.370. The number of imidazole rings is 2. The average Bonchev–Trinajstić information content (AvgIpc) is 3.62. The maximum absolute atomic E-state index is 4.95. The van der Waals surface area contributed by atoms with Crippen LogP contribution in [-0.4, -0.2) is 24.9 Å². The number of thiophene rings is 1. The number of nitrogens with one attached hydrogen (secondary N) is 2. The van der Waals surface area contributed by atoms with Crippen LogP contribution in [0.3, 0.4) is 0 Å². The number of pyridine rings is 1. The fraction of sp³-hybridized carbons (Fsp3) is 0.129. The molecule has 0 radical (unpaired) electrons. The minimum Gasteiger partial charge on any atom is -0.342 e. The van der Waals surface area contributed by atoms with E-state index >= 15 is 0 Å². The van der Waals surface area contributed by atoms with E-state index in [1.165, 1.54) is 47.5 Å². The molecule has 4 aromatic carbocycles. The van der Waals surface area contributed by atoms with Crippen molar-refractivity contribution in [1.29, 1.82) is 0 Å². The van der Waals surface area contributed by atoms with Crippen molar-refractivity contribution in [1.82, 2.24) is 24.9 Å². The van der Waals surface area contributed by atoms with Gasteiger partial charge in [0.2, 0.25) is 0 Å². The molecule has 5 nitrogen and oxygen atoms in total. The molecule has 0 fully saturated rings. The Kier molecular flexibility index (Phi) is 4.15. The van der Waals surface area contributed by atoms with Crippen molar-refractivity contribution in [3.63, 3.8) is 0 Å². The third-order valence-corrected chi connectivity index (χ3v) is 8.64. The zero-order valence-electron chi connectivity index (χ0n) is 20.7. The number of nitrogens with zero attached hydrogens (tertiary/aromatic N) is 3. The summed E-state index contributed by atoms with van der Waals surface area (Å²) in [6.07, 6.45) is 3.79. The van der Waals surface area contributed by atoms with Gasteiger partial charge < -0.3 is 9.97 Å². The third-order valence-electron chi connectivity index (χ3n) is 7.47. The summed E-state index contributed by atoms with van der Waals surface area (Å²) >= 11 is 1.83. The zero-order valence-corrected chi connectivity index (χ0v) is 21.5. The van der Waals surface area contributed by atoms with E-state index in [1.807, 2.05) is 30.7 Å². The average molecular weight is 498 g/mol. The third kappa shape index (κ3) is 2.93. The summed E-state index contributed by atoms with van der Waals surface area (Å²) in [7, 11) is 0. The van der Waals surface area contributed by atoms with Crippen molar-refractivity contribution in [3.8, 4) is 11.1 Å². The lowest BCUT2D eigenvalue weighted by atomic mass is 9.96. The van der Waals surface area contributed by atoms with Gasteiger partial charge >= 0.3 is 0 Å². The van der Waals surface area contributed by atoms with Gasteiger partial charge in [0, 0.05) is 44.6 Å². The van der Waals surface area contributed by atoms with E-state index < -0.39 is 0 Å².